The average Bonchev–Trinajstić information content (AvgIpc) is 2.82. The third-order valence-corrected chi connectivity index (χ3v) is 3.36. The van der Waals surface area contributed by atoms with Crippen LogP contribution in [-0.2, 0) is 11.2 Å². The van der Waals surface area contributed by atoms with Crippen LogP contribution in [0.2, 0.25) is 0 Å². The number of aliphatic carboxylic acids is 1. The largest absolute Gasteiger partial charge is 0.481 e. The highest BCUT2D eigenvalue weighted by atomic mass is 32.1. The first-order chi connectivity index (χ1) is 9.56. The van der Waals surface area contributed by atoms with Gasteiger partial charge in [-0.3, -0.25) is 14.9 Å². The number of carbonyl (C=O) groups excluding carboxylic acids is 1. The minimum absolute atomic E-state index is 0.0194. The number of carbonyl (C=O) groups is 2. The Morgan fingerprint density at radius 1 is 1.35 bits per heavy atom. The second-order valence-electron chi connectivity index (χ2n) is 4.07. The number of rotatable bonds is 5. The zero-order valence-corrected chi connectivity index (χ0v) is 11.3. The fourth-order valence-corrected chi connectivity index (χ4v) is 2.29. The summed E-state index contributed by atoms with van der Waals surface area (Å²) in [4.78, 5) is 26.7. The van der Waals surface area contributed by atoms with E-state index in [2.05, 4.69) is 10.3 Å². The Hall–Kier alpha value is -2.41. The van der Waals surface area contributed by atoms with Gasteiger partial charge in [-0.05, 0) is 18.1 Å². The van der Waals surface area contributed by atoms with Gasteiger partial charge in [0.2, 0.25) is 0 Å². The van der Waals surface area contributed by atoms with Crippen molar-refractivity contribution in [1.29, 1.82) is 0 Å². The number of nitrogens with two attached hydrogens (primary N) is 1. The van der Waals surface area contributed by atoms with Crippen molar-refractivity contribution in [2.45, 2.75) is 12.8 Å². The maximum Gasteiger partial charge on any atom is 0.303 e. The average molecular weight is 291 g/mol. The summed E-state index contributed by atoms with van der Waals surface area (Å²) >= 11 is 1.18. The number of amides is 1. The zero-order chi connectivity index (χ0) is 14.5. The van der Waals surface area contributed by atoms with E-state index in [1.807, 2.05) is 0 Å². The van der Waals surface area contributed by atoms with E-state index in [1.54, 1.807) is 24.3 Å². The van der Waals surface area contributed by atoms with Crippen LogP contribution in [0.25, 0.3) is 0 Å². The summed E-state index contributed by atoms with van der Waals surface area (Å²) in [6, 6.07) is 6.91. The number of nitrogens with one attached hydrogen (secondary N) is 1. The van der Waals surface area contributed by atoms with E-state index in [0.29, 0.717) is 27.7 Å². The lowest BCUT2D eigenvalue weighted by Crippen LogP contribution is -2.14. The summed E-state index contributed by atoms with van der Waals surface area (Å²) < 4.78 is 0. The number of benzene rings is 1. The number of aryl methyl sites for hydroxylation is 1. The Labute approximate surface area is 119 Å². The van der Waals surface area contributed by atoms with Gasteiger partial charge in [0.25, 0.3) is 5.91 Å². The van der Waals surface area contributed by atoms with Crippen molar-refractivity contribution in [3.8, 4) is 0 Å². The smallest absolute Gasteiger partial charge is 0.303 e. The van der Waals surface area contributed by atoms with Crippen molar-refractivity contribution < 1.29 is 14.7 Å². The van der Waals surface area contributed by atoms with Crippen molar-refractivity contribution in [3.63, 3.8) is 0 Å². The molecule has 1 heterocycles. The molecule has 4 N–H and O–H groups in total. The maximum absolute atomic E-state index is 12.2. The van der Waals surface area contributed by atoms with Crippen molar-refractivity contribution in [3.05, 3.63) is 41.6 Å². The molecule has 1 aromatic carbocycles. The van der Waals surface area contributed by atoms with Crippen LogP contribution in [0.1, 0.15) is 22.3 Å². The molecule has 0 bridgehead atoms. The Balaban J connectivity index is 2.14. The number of thiazole rings is 1. The molecule has 0 aliphatic rings. The predicted molar refractivity (Wildman–Crippen MR) is 76.9 cm³/mol. The highest BCUT2D eigenvalue weighted by molar-refractivity contribution is 7.19. The number of nitrogens with zero attached hydrogens (tertiary/aromatic N) is 1. The molecule has 0 aliphatic heterocycles. The van der Waals surface area contributed by atoms with E-state index in [4.69, 9.17) is 10.8 Å². The molecule has 104 valence electrons. The topological polar surface area (TPSA) is 105 Å². The van der Waals surface area contributed by atoms with Gasteiger partial charge >= 0.3 is 5.97 Å². The van der Waals surface area contributed by atoms with Gasteiger partial charge in [-0.1, -0.05) is 29.5 Å². The van der Waals surface area contributed by atoms with E-state index in [0.717, 1.165) is 0 Å². The van der Waals surface area contributed by atoms with Crippen LogP contribution in [-0.4, -0.2) is 22.0 Å². The number of carboxylic acid groups (broad SMARTS) is 1. The molecule has 2 aromatic rings. The first-order valence-electron chi connectivity index (χ1n) is 5.88. The molecule has 0 saturated carbocycles. The van der Waals surface area contributed by atoms with Crippen LogP contribution in [0.4, 0.5) is 10.1 Å². The standard InChI is InChI=1S/C13H13N3O3S/c14-10-7-15-13(20-10)16-12(19)9-4-2-1-3-8(9)5-6-11(17)18/h1-4,7H,5-6,14H2,(H,17,18)(H,15,16,19). The van der Waals surface area contributed by atoms with E-state index in [1.165, 1.54) is 17.5 Å². The van der Waals surface area contributed by atoms with Gasteiger partial charge in [-0.25, -0.2) is 4.98 Å². The highest BCUT2D eigenvalue weighted by Gasteiger charge is 2.13. The Kier molecular flexibility index (Phi) is 4.31. The number of aromatic nitrogens is 1. The van der Waals surface area contributed by atoms with Gasteiger partial charge in [-0.15, -0.1) is 0 Å². The molecule has 0 atom stereocenters. The van der Waals surface area contributed by atoms with Gasteiger partial charge in [0.15, 0.2) is 5.13 Å². The highest BCUT2D eigenvalue weighted by Crippen LogP contribution is 2.21. The van der Waals surface area contributed by atoms with Crippen LogP contribution < -0.4 is 11.1 Å². The molecule has 0 fully saturated rings. The molecule has 20 heavy (non-hydrogen) atoms. The van der Waals surface area contributed by atoms with Gasteiger partial charge in [-0.2, -0.15) is 0 Å². The van der Waals surface area contributed by atoms with Gasteiger partial charge < -0.3 is 10.8 Å². The van der Waals surface area contributed by atoms with E-state index < -0.39 is 5.97 Å². The summed E-state index contributed by atoms with van der Waals surface area (Å²) in [5.41, 5.74) is 6.68. The molecular weight excluding hydrogens is 278 g/mol. The van der Waals surface area contributed by atoms with Crippen LogP contribution in [0, 0.1) is 0 Å². The van der Waals surface area contributed by atoms with E-state index in [9.17, 15) is 9.59 Å². The Bertz CT molecular complexity index is 639. The van der Waals surface area contributed by atoms with Crippen LogP contribution >= 0.6 is 11.3 Å². The van der Waals surface area contributed by atoms with Crippen LogP contribution in [0.15, 0.2) is 30.5 Å². The summed E-state index contributed by atoms with van der Waals surface area (Å²) in [6.07, 6.45) is 1.75. The summed E-state index contributed by atoms with van der Waals surface area (Å²) in [5.74, 6) is -1.21. The number of hydrogen-bond acceptors (Lipinski definition) is 5. The summed E-state index contributed by atoms with van der Waals surface area (Å²) in [6.45, 7) is 0. The monoisotopic (exact) mass is 291 g/mol. The van der Waals surface area contributed by atoms with E-state index >= 15 is 0 Å². The third-order valence-electron chi connectivity index (χ3n) is 2.61. The molecule has 0 unspecified atom stereocenters. The fourth-order valence-electron chi connectivity index (χ4n) is 1.71. The second-order valence-corrected chi connectivity index (χ2v) is 5.14. The quantitative estimate of drug-likeness (QED) is 0.781. The number of nitrogen functional groups attached to an aromatic ring is 1. The normalized spacial score (nSPS) is 10.2. The van der Waals surface area contributed by atoms with Crippen molar-refractivity contribution in [2.24, 2.45) is 0 Å². The predicted octanol–water partition coefficient (Wildman–Crippen LogP) is 1.99. The summed E-state index contributed by atoms with van der Waals surface area (Å²) in [5, 5.41) is 12.3. The Morgan fingerprint density at radius 3 is 2.75 bits per heavy atom. The molecule has 0 radical (unpaired) electrons. The summed E-state index contributed by atoms with van der Waals surface area (Å²) in [7, 11) is 0. The first kappa shape index (κ1) is 14.0. The molecule has 2 rings (SSSR count). The second kappa shape index (κ2) is 6.16. The third kappa shape index (κ3) is 3.55. The SMILES string of the molecule is Nc1cnc(NC(=O)c2ccccc2CCC(=O)O)s1. The first-order valence-corrected chi connectivity index (χ1v) is 6.70. The number of anilines is 2. The van der Waals surface area contributed by atoms with Crippen molar-refractivity contribution in [2.75, 3.05) is 11.1 Å². The van der Waals surface area contributed by atoms with Crippen LogP contribution in [0.5, 0.6) is 0 Å². The molecule has 0 saturated heterocycles. The maximum atomic E-state index is 12.2. The lowest BCUT2D eigenvalue weighted by atomic mass is 10.0. The molecule has 1 aromatic heterocycles. The lowest BCUT2D eigenvalue weighted by molar-refractivity contribution is -0.136. The molecule has 6 nitrogen and oxygen atoms in total. The van der Waals surface area contributed by atoms with E-state index in [-0.39, 0.29) is 12.3 Å². The number of hydrogen-bond donors (Lipinski definition) is 3. The zero-order valence-electron chi connectivity index (χ0n) is 10.5. The van der Waals surface area contributed by atoms with Crippen LogP contribution in [0.3, 0.4) is 0 Å². The van der Waals surface area contributed by atoms with Gasteiger partial charge in [0.1, 0.15) is 5.00 Å². The molecule has 0 aliphatic carbocycles. The minimum Gasteiger partial charge on any atom is -0.481 e. The van der Waals surface area contributed by atoms with Gasteiger partial charge in [0, 0.05) is 12.0 Å². The molecule has 0 spiro atoms. The molecule has 1 amide bonds. The van der Waals surface area contributed by atoms with Crippen molar-refractivity contribution in [1.82, 2.24) is 4.98 Å². The Morgan fingerprint density at radius 2 is 2.10 bits per heavy atom. The molecule has 7 heteroatoms. The number of carboxylic acids is 1. The van der Waals surface area contributed by atoms with Crippen molar-refractivity contribution >= 4 is 33.3 Å². The van der Waals surface area contributed by atoms with Gasteiger partial charge in [0.05, 0.1) is 6.20 Å². The fraction of sp³-hybridized carbons (Fsp3) is 0.154. The molecular formula is C13H13N3O3S. The lowest BCUT2D eigenvalue weighted by Gasteiger charge is -2.07. The minimum atomic E-state index is -0.895.